The van der Waals surface area contributed by atoms with Gasteiger partial charge in [0.25, 0.3) is 11.5 Å². The molecule has 0 aliphatic carbocycles. The number of nitrogens with one attached hydrogen (secondary N) is 1. The zero-order valence-corrected chi connectivity index (χ0v) is 25.6. The molecule has 1 amide bonds. The molecule has 1 atom stereocenters. The van der Waals surface area contributed by atoms with Crippen LogP contribution in [0.25, 0.3) is 6.08 Å². The number of fused-ring (bicyclic) bond motifs is 1. The van der Waals surface area contributed by atoms with Crippen molar-refractivity contribution in [3.63, 3.8) is 0 Å². The number of carbonyl (C=O) groups excluding carboxylic acids is 1. The molecule has 7 nitrogen and oxygen atoms in total. The Morgan fingerprint density at radius 3 is 2.48 bits per heavy atom. The van der Waals surface area contributed by atoms with Gasteiger partial charge in [0.1, 0.15) is 18.1 Å². The molecule has 0 saturated carbocycles. The first-order valence-electron chi connectivity index (χ1n) is 13.9. The summed E-state index contributed by atoms with van der Waals surface area (Å²) in [5.41, 5.74) is 3.80. The van der Waals surface area contributed by atoms with Crippen molar-refractivity contribution in [1.82, 2.24) is 4.57 Å². The van der Waals surface area contributed by atoms with Gasteiger partial charge < -0.3 is 14.8 Å². The first kappa shape index (κ1) is 29.2. The summed E-state index contributed by atoms with van der Waals surface area (Å²) in [4.78, 5) is 33.0. The summed E-state index contributed by atoms with van der Waals surface area (Å²) in [5, 5.41) is 3.61. The molecule has 1 aliphatic rings. The van der Waals surface area contributed by atoms with Gasteiger partial charge in [-0.1, -0.05) is 83.6 Å². The van der Waals surface area contributed by atoms with E-state index in [0.717, 1.165) is 16.7 Å². The van der Waals surface area contributed by atoms with E-state index in [1.807, 2.05) is 109 Å². The van der Waals surface area contributed by atoms with E-state index in [0.29, 0.717) is 49.4 Å². The molecule has 0 fully saturated rings. The lowest BCUT2D eigenvalue weighted by molar-refractivity contribution is -0.113. The Labute approximate surface area is 263 Å². The number of carbonyl (C=O) groups is 1. The molecule has 1 aliphatic heterocycles. The predicted molar refractivity (Wildman–Crippen MR) is 174 cm³/mol. The maximum absolute atomic E-state index is 14.0. The van der Waals surface area contributed by atoms with Crippen LogP contribution in [0.1, 0.15) is 29.7 Å². The topological polar surface area (TPSA) is 81.9 Å². The number of hydrogen-bond acceptors (Lipinski definition) is 6. The van der Waals surface area contributed by atoms with Crippen LogP contribution in [0.3, 0.4) is 0 Å². The molecule has 2 heterocycles. The maximum atomic E-state index is 14.0. The van der Waals surface area contributed by atoms with E-state index in [1.165, 1.54) is 11.3 Å². The standard InChI is InChI=1S/C35H28ClN3O4S/c1-22-31(33(40)38-26-11-4-3-5-12-26)32(24-15-17-27(42-2)18-16-24)39-34(41)30(44-35(39)37-22)20-23-9-8-13-28(19-23)43-21-25-10-6-7-14-29(25)36/h3-20,32H,21H2,1-2H3,(H,38,40)/b30-20+/t32-/m0/s1. The van der Waals surface area contributed by atoms with Crippen LogP contribution < -0.4 is 29.7 Å². The van der Waals surface area contributed by atoms with Gasteiger partial charge in [-0.2, -0.15) is 0 Å². The molecule has 0 radical (unpaired) electrons. The molecule has 0 bridgehead atoms. The van der Waals surface area contributed by atoms with Gasteiger partial charge in [-0.05, 0) is 66.6 Å². The van der Waals surface area contributed by atoms with E-state index in [-0.39, 0.29) is 11.5 Å². The quantitative estimate of drug-likeness (QED) is 0.227. The highest BCUT2D eigenvalue weighted by Gasteiger charge is 2.32. The summed E-state index contributed by atoms with van der Waals surface area (Å²) in [6.07, 6.45) is 1.82. The molecule has 1 N–H and O–H groups in total. The van der Waals surface area contributed by atoms with Gasteiger partial charge in [0.2, 0.25) is 0 Å². The van der Waals surface area contributed by atoms with E-state index < -0.39 is 6.04 Å². The van der Waals surface area contributed by atoms with Crippen molar-refractivity contribution in [2.24, 2.45) is 4.99 Å². The average molecular weight is 622 g/mol. The Balaban J connectivity index is 1.39. The second-order valence-corrected chi connectivity index (χ2v) is 11.5. The molecule has 44 heavy (non-hydrogen) atoms. The highest BCUT2D eigenvalue weighted by molar-refractivity contribution is 7.07. The number of nitrogens with zero attached hydrogens (tertiary/aromatic N) is 2. The number of methoxy groups -OCH3 is 1. The van der Waals surface area contributed by atoms with Crippen molar-refractivity contribution in [1.29, 1.82) is 0 Å². The van der Waals surface area contributed by atoms with Gasteiger partial charge in [-0.3, -0.25) is 14.2 Å². The molecule has 0 unspecified atom stereocenters. The molecular formula is C35H28ClN3O4S. The zero-order chi connectivity index (χ0) is 30.6. The van der Waals surface area contributed by atoms with Crippen molar-refractivity contribution < 1.29 is 14.3 Å². The third-order valence-electron chi connectivity index (χ3n) is 7.24. The highest BCUT2D eigenvalue weighted by Crippen LogP contribution is 2.32. The monoisotopic (exact) mass is 621 g/mol. The number of para-hydroxylation sites is 1. The summed E-state index contributed by atoms with van der Waals surface area (Å²) >= 11 is 7.56. The van der Waals surface area contributed by atoms with Crippen LogP contribution in [0.2, 0.25) is 5.02 Å². The largest absolute Gasteiger partial charge is 0.497 e. The summed E-state index contributed by atoms with van der Waals surface area (Å²) in [7, 11) is 1.59. The maximum Gasteiger partial charge on any atom is 0.271 e. The van der Waals surface area contributed by atoms with Crippen molar-refractivity contribution >= 4 is 40.6 Å². The molecule has 5 aromatic rings. The smallest absolute Gasteiger partial charge is 0.271 e. The molecule has 220 valence electrons. The first-order valence-corrected chi connectivity index (χ1v) is 15.1. The third kappa shape index (κ3) is 6.08. The zero-order valence-electron chi connectivity index (χ0n) is 24.0. The number of benzene rings is 4. The van der Waals surface area contributed by atoms with Crippen LogP contribution in [0.4, 0.5) is 5.69 Å². The van der Waals surface area contributed by atoms with Crippen LogP contribution in [0.5, 0.6) is 11.5 Å². The third-order valence-corrected chi connectivity index (χ3v) is 8.59. The molecule has 1 aromatic heterocycles. The summed E-state index contributed by atoms with van der Waals surface area (Å²) in [5.74, 6) is 1.00. The fourth-order valence-electron chi connectivity index (χ4n) is 5.06. The fraction of sp³-hybridized carbons (Fsp3) is 0.114. The average Bonchev–Trinajstić information content (AvgIpc) is 3.34. The van der Waals surface area contributed by atoms with Gasteiger partial charge in [-0.25, -0.2) is 4.99 Å². The Morgan fingerprint density at radius 1 is 0.977 bits per heavy atom. The normalized spacial score (nSPS) is 14.5. The Bertz CT molecular complexity index is 2050. The van der Waals surface area contributed by atoms with Crippen molar-refractivity contribution in [3.05, 3.63) is 156 Å². The number of allylic oxidation sites excluding steroid dienone is 1. The Kier molecular flexibility index (Phi) is 8.45. The van der Waals surface area contributed by atoms with Crippen LogP contribution >= 0.6 is 22.9 Å². The van der Waals surface area contributed by atoms with Gasteiger partial charge >= 0.3 is 0 Å². The van der Waals surface area contributed by atoms with Gasteiger partial charge in [0.05, 0.1) is 29.0 Å². The Morgan fingerprint density at radius 2 is 1.73 bits per heavy atom. The van der Waals surface area contributed by atoms with E-state index in [2.05, 4.69) is 5.32 Å². The fourth-order valence-corrected chi connectivity index (χ4v) is 6.29. The Hall–Kier alpha value is -4.92. The SMILES string of the molecule is COc1ccc([C@H]2C(C(=O)Nc3ccccc3)=C(C)N=c3s/c(=C/c4cccc(OCc5ccccc5Cl)c4)c(=O)n32)cc1. The number of aromatic nitrogens is 1. The van der Waals surface area contributed by atoms with Gasteiger partial charge in [0, 0.05) is 16.3 Å². The van der Waals surface area contributed by atoms with Crippen LogP contribution in [-0.2, 0) is 11.4 Å². The van der Waals surface area contributed by atoms with Crippen LogP contribution in [-0.4, -0.2) is 17.6 Å². The summed E-state index contributed by atoms with van der Waals surface area (Å²) in [6.45, 7) is 2.12. The first-order chi connectivity index (χ1) is 21.4. The lowest BCUT2D eigenvalue weighted by Gasteiger charge is -2.25. The molecule has 0 saturated heterocycles. The molecular weight excluding hydrogens is 594 g/mol. The minimum absolute atomic E-state index is 0.241. The lowest BCUT2D eigenvalue weighted by atomic mass is 9.95. The summed E-state index contributed by atoms with van der Waals surface area (Å²) in [6, 6.07) is 31.0. The lowest BCUT2D eigenvalue weighted by Crippen LogP contribution is -2.40. The molecule has 0 spiro atoms. The number of rotatable bonds is 8. The van der Waals surface area contributed by atoms with Gasteiger partial charge in [-0.15, -0.1) is 0 Å². The number of amides is 1. The number of hydrogen-bond donors (Lipinski definition) is 1. The molecule has 9 heteroatoms. The van der Waals surface area contributed by atoms with Crippen molar-refractivity contribution in [2.45, 2.75) is 19.6 Å². The number of halogens is 1. The van der Waals surface area contributed by atoms with E-state index in [4.69, 9.17) is 26.1 Å². The van der Waals surface area contributed by atoms with Crippen molar-refractivity contribution in [2.75, 3.05) is 12.4 Å². The van der Waals surface area contributed by atoms with Crippen LogP contribution in [0, 0.1) is 0 Å². The molecule has 6 rings (SSSR count). The number of ether oxygens (including phenoxy) is 2. The van der Waals surface area contributed by atoms with E-state index in [1.54, 1.807) is 18.6 Å². The van der Waals surface area contributed by atoms with Gasteiger partial charge in [0.15, 0.2) is 4.80 Å². The van der Waals surface area contributed by atoms with Crippen LogP contribution in [0.15, 0.2) is 124 Å². The predicted octanol–water partition coefficient (Wildman–Crippen LogP) is 6.11. The van der Waals surface area contributed by atoms with E-state index >= 15 is 0 Å². The minimum Gasteiger partial charge on any atom is -0.497 e. The van der Waals surface area contributed by atoms with Crippen molar-refractivity contribution in [3.8, 4) is 11.5 Å². The number of anilines is 1. The second kappa shape index (κ2) is 12.8. The molecule has 4 aromatic carbocycles. The van der Waals surface area contributed by atoms with E-state index in [9.17, 15) is 9.59 Å². The summed E-state index contributed by atoms with van der Waals surface area (Å²) < 4.78 is 13.4. The second-order valence-electron chi connectivity index (χ2n) is 10.1. The minimum atomic E-state index is -0.687. The highest BCUT2D eigenvalue weighted by atomic mass is 35.5. The number of thiazole rings is 1.